The van der Waals surface area contributed by atoms with E-state index in [0.29, 0.717) is 12.4 Å². The van der Waals surface area contributed by atoms with Crippen LogP contribution >= 0.6 is 0 Å². The maximum absolute atomic E-state index is 10.6. The molecule has 1 rings (SSSR count). The summed E-state index contributed by atoms with van der Waals surface area (Å²) in [5, 5.41) is 8.67. The number of nitrogen functional groups attached to an aromatic ring is 1. The molecule has 1 aromatic rings. The molecule has 0 spiro atoms. The normalized spacial score (nSPS) is 10.5. The van der Waals surface area contributed by atoms with Crippen molar-refractivity contribution in [2.45, 2.75) is 6.54 Å². The lowest BCUT2D eigenvalue weighted by molar-refractivity contribution is 0.0697. The molecule has 1 heterocycles. The number of aromatic nitrogens is 2. The molecule has 76 valence electrons. The first-order valence-corrected chi connectivity index (χ1v) is 4.00. The highest BCUT2D eigenvalue weighted by molar-refractivity contribution is 5.92. The highest BCUT2D eigenvalue weighted by Crippen LogP contribution is 2.07. The first kappa shape index (κ1) is 10.4. The van der Waals surface area contributed by atoms with Gasteiger partial charge in [-0.25, -0.2) is 14.8 Å². The van der Waals surface area contributed by atoms with Crippen LogP contribution in [0.25, 0.3) is 0 Å². The largest absolute Gasteiger partial charge is 0.477 e. The predicted molar refractivity (Wildman–Crippen MR) is 50.8 cm³/mol. The third kappa shape index (κ3) is 2.40. The minimum absolute atomic E-state index is 0.00403. The molecule has 6 nitrogen and oxygen atoms in total. The van der Waals surface area contributed by atoms with Crippen molar-refractivity contribution < 1.29 is 9.90 Å². The molecule has 1 aromatic heterocycles. The predicted octanol–water partition coefficient (Wildman–Crippen LogP) is -0.181. The second kappa shape index (κ2) is 4.01. The molecular formula is C8H12N4O2. The van der Waals surface area contributed by atoms with Crippen LogP contribution in [0.4, 0.5) is 5.82 Å². The molecule has 0 saturated heterocycles. The van der Waals surface area contributed by atoms with E-state index in [1.54, 1.807) is 0 Å². The fourth-order valence-electron chi connectivity index (χ4n) is 0.957. The van der Waals surface area contributed by atoms with Crippen molar-refractivity contribution in [3.8, 4) is 0 Å². The van der Waals surface area contributed by atoms with Crippen LogP contribution in [0.15, 0.2) is 6.20 Å². The Labute approximate surface area is 81.4 Å². The van der Waals surface area contributed by atoms with Crippen molar-refractivity contribution in [1.29, 1.82) is 0 Å². The molecule has 0 unspecified atom stereocenters. The number of carbonyl (C=O) groups is 1. The van der Waals surface area contributed by atoms with Crippen molar-refractivity contribution in [3.63, 3.8) is 0 Å². The van der Waals surface area contributed by atoms with E-state index in [1.807, 2.05) is 19.0 Å². The third-order valence-corrected chi connectivity index (χ3v) is 1.56. The second-order valence-corrected chi connectivity index (χ2v) is 3.13. The molecular weight excluding hydrogens is 184 g/mol. The summed E-state index contributed by atoms with van der Waals surface area (Å²) in [6, 6.07) is 0. The molecule has 0 aliphatic carbocycles. The Bertz CT molecular complexity index is 351. The number of aromatic carboxylic acids is 1. The van der Waals surface area contributed by atoms with Gasteiger partial charge in [-0.3, -0.25) is 0 Å². The molecule has 0 aromatic carbocycles. The van der Waals surface area contributed by atoms with Gasteiger partial charge >= 0.3 is 5.97 Å². The van der Waals surface area contributed by atoms with E-state index >= 15 is 0 Å². The summed E-state index contributed by atoms with van der Waals surface area (Å²) >= 11 is 0. The first-order chi connectivity index (χ1) is 6.50. The van der Waals surface area contributed by atoms with Crippen molar-refractivity contribution in [3.05, 3.63) is 17.6 Å². The zero-order chi connectivity index (χ0) is 10.7. The van der Waals surface area contributed by atoms with Crippen LogP contribution in [0.1, 0.15) is 16.2 Å². The number of anilines is 1. The highest BCUT2D eigenvalue weighted by atomic mass is 16.4. The number of carboxylic acid groups (broad SMARTS) is 1. The Kier molecular flexibility index (Phi) is 2.98. The summed E-state index contributed by atoms with van der Waals surface area (Å²) in [6.45, 7) is 0.532. The second-order valence-electron chi connectivity index (χ2n) is 3.13. The van der Waals surface area contributed by atoms with Crippen LogP contribution in [-0.4, -0.2) is 40.0 Å². The SMILES string of the molecule is CN(C)Cc1ncc(C(=O)O)c(N)n1. The van der Waals surface area contributed by atoms with Crippen molar-refractivity contribution in [2.75, 3.05) is 19.8 Å². The van der Waals surface area contributed by atoms with E-state index < -0.39 is 5.97 Å². The number of nitrogens with zero attached hydrogens (tertiary/aromatic N) is 3. The lowest BCUT2D eigenvalue weighted by atomic mass is 10.3. The zero-order valence-corrected chi connectivity index (χ0v) is 8.06. The molecule has 0 bridgehead atoms. The molecule has 3 N–H and O–H groups in total. The van der Waals surface area contributed by atoms with Gasteiger partial charge in [0.25, 0.3) is 0 Å². The molecule has 6 heteroatoms. The molecule has 14 heavy (non-hydrogen) atoms. The van der Waals surface area contributed by atoms with Gasteiger partial charge in [0.1, 0.15) is 17.2 Å². The molecule has 0 radical (unpaired) electrons. The summed E-state index contributed by atoms with van der Waals surface area (Å²) in [4.78, 5) is 20.2. The van der Waals surface area contributed by atoms with Gasteiger partial charge in [-0.1, -0.05) is 0 Å². The maximum atomic E-state index is 10.6. The van der Waals surface area contributed by atoms with Crippen molar-refractivity contribution in [1.82, 2.24) is 14.9 Å². The van der Waals surface area contributed by atoms with Crippen LogP contribution in [0.2, 0.25) is 0 Å². The quantitative estimate of drug-likeness (QED) is 0.696. The summed E-state index contributed by atoms with van der Waals surface area (Å²) in [7, 11) is 3.73. The van der Waals surface area contributed by atoms with Crippen LogP contribution in [0, 0.1) is 0 Å². The number of hydrogen-bond donors (Lipinski definition) is 2. The van der Waals surface area contributed by atoms with Gasteiger partial charge in [0.15, 0.2) is 0 Å². The number of hydrogen-bond acceptors (Lipinski definition) is 5. The lowest BCUT2D eigenvalue weighted by Crippen LogP contribution is -2.15. The summed E-state index contributed by atoms with van der Waals surface area (Å²) in [5.41, 5.74) is 5.39. The first-order valence-electron chi connectivity index (χ1n) is 4.00. The molecule has 0 atom stereocenters. The van der Waals surface area contributed by atoms with Gasteiger partial charge in [0.2, 0.25) is 0 Å². The minimum Gasteiger partial charge on any atom is -0.477 e. The van der Waals surface area contributed by atoms with Gasteiger partial charge < -0.3 is 15.7 Å². The number of carboxylic acids is 1. The minimum atomic E-state index is -1.11. The Hall–Kier alpha value is -1.69. The zero-order valence-electron chi connectivity index (χ0n) is 8.06. The van der Waals surface area contributed by atoms with E-state index in [1.165, 1.54) is 6.20 Å². The Morgan fingerprint density at radius 3 is 2.71 bits per heavy atom. The highest BCUT2D eigenvalue weighted by Gasteiger charge is 2.10. The topological polar surface area (TPSA) is 92.3 Å². The van der Waals surface area contributed by atoms with E-state index in [4.69, 9.17) is 10.8 Å². The molecule has 0 aliphatic heterocycles. The van der Waals surface area contributed by atoms with E-state index in [2.05, 4.69) is 9.97 Å². The van der Waals surface area contributed by atoms with Crippen molar-refractivity contribution >= 4 is 11.8 Å². The van der Waals surface area contributed by atoms with E-state index in [9.17, 15) is 4.79 Å². The monoisotopic (exact) mass is 196 g/mol. The lowest BCUT2D eigenvalue weighted by Gasteiger charge is -2.08. The van der Waals surface area contributed by atoms with Gasteiger partial charge in [-0.15, -0.1) is 0 Å². The standard InChI is InChI=1S/C8H12N4O2/c1-12(2)4-6-10-3-5(8(13)14)7(9)11-6/h3H,4H2,1-2H3,(H,13,14)(H2,9,10,11). The van der Waals surface area contributed by atoms with Crippen LogP contribution < -0.4 is 5.73 Å². The van der Waals surface area contributed by atoms with Gasteiger partial charge in [0.05, 0.1) is 6.54 Å². The van der Waals surface area contributed by atoms with Crippen molar-refractivity contribution in [2.24, 2.45) is 0 Å². The maximum Gasteiger partial charge on any atom is 0.341 e. The van der Waals surface area contributed by atoms with E-state index in [-0.39, 0.29) is 11.4 Å². The fourth-order valence-corrected chi connectivity index (χ4v) is 0.957. The smallest absolute Gasteiger partial charge is 0.341 e. The Morgan fingerprint density at radius 2 is 2.29 bits per heavy atom. The Morgan fingerprint density at radius 1 is 1.64 bits per heavy atom. The molecule has 0 fully saturated rings. The number of rotatable bonds is 3. The van der Waals surface area contributed by atoms with Gasteiger partial charge in [0, 0.05) is 6.20 Å². The average Bonchev–Trinajstić information content (AvgIpc) is 2.01. The molecule has 0 saturated carbocycles. The number of nitrogens with two attached hydrogens (primary N) is 1. The average molecular weight is 196 g/mol. The van der Waals surface area contributed by atoms with Crippen LogP contribution in [0.5, 0.6) is 0 Å². The fraction of sp³-hybridized carbons (Fsp3) is 0.375. The van der Waals surface area contributed by atoms with Gasteiger partial charge in [-0.2, -0.15) is 0 Å². The summed E-state index contributed by atoms with van der Waals surface area (Å²) < 4.78 is 0. The third-order valence-electron chi connectivity index (χ3n) is 1.56. The van der Waals surface area contributed by atoms with E-state index in [0.717, 1.165) is 0 Å². The van der Waals surface area contributed by atoms with Crippen LogP contribution in [-0.2, 0) is 6.54 Å². The van der Waals surface area contributed by atoms with Crippen LogP contribution in [0.3, 0.4) is 0 Å². The molecule has 0 amide bonds. The summed E-state index contributed by atoms with van der Waals surface area (Å²) in [6.07, 6.45) is 1.23. The Balaban J connectivity index is 2.94. The summed E-state index contributed by atoms with van der Waals surface area (Å²) in [5.74, 6) is -0.597. The molecule has 0 aliphatic rings. The van der Waals surface area contributed by atoms with Gasteiger partial charge in [-0.05, 0) is 14.1 Å².